The van der Waals surface area contributed by atoms with E-state index in [-0.39, 0.29) is 18.6 Å². The molecule has 0 aliphatic rings. The highest BCUT2D eigenvalue weighted by molar-refractivity contribution is 7.18. The second-order valence-electron chi connectivity index (χ2n) is 10.1. The molecule has 3 N–H and O–H groups in total. The summed E-state index contributed by atoms with van der Waals surface area (Å²) in [7, 11) is 0. The number of benzene rings is 3. The average molecular weight is 606 g/mol. The van der Waals surface area contributed by atoms with Gasteiger partial charge in [0.2, 0.25) is 5.13 Å². The predicted molar refractivity (Wildman–Crippen MR) is 164 cm³/mol. The van der Waals surface area contributed by atoms with Crippen LogP contribution in [0.5, 0.6) is 5.75 Å². The minimum Gasteiger partial charge on any atom is -0.490 e. The van der Waals surface area contributed by atoms with E-state index in [1.54, 1.807) is 36.4 Å². The maximum Gasteiger partial charge on any atom is 0.405 e. The van der Waals surface area contributed by atoms with E-state index in [9.17, 15) is 24.2 Å². The first-order valence-corrected chi connectivity index (χ1v) is 14.7. The third-order valence-corrected chi connectivity index (χ3v) is 7.67. The van der Waals surface area contributed by atoms with E-state index >= 15 is 0 Å². The van der Waals surface area contributed by atoms with E-state index in [1.165, 1.54) is 28.4 Å². The predicted octanol–water partition coefficient (Wildman–Crippen LogP) is 6.39. The number of aliphatic hydroxyl groups excluding tert-OH is 1. The lowest BCUT2D eigenvalue weighted by Crippen LogP contribution is -2.32. The second kappa shape index (κ2) is 14.7. The van der Waals surface area contributed by atoms with Crippen molar-refractivity contribution in [2.24, 2.45) is 0 Å². The van der Waals surface area contributed by atoms with Crippen LogP contribution in [0.4, 0.5) is 14.3 Å². The van der Waals surface area contributed by atoms with Crippen molar-refractivity contribution in [3.63, 3.8) is 0 Å². The number of aryl methyl sites for hydroxylation is 2. The van der Waals surface area contributed by atoms with Gasteiger partial charge in [-0.2, -0.15) is 0 Å². The molecule has 0 aliphatic carbocycles. The molecule has 43 heavy (non-hydrogen) atoms. The molecule has 1 heterocycles. The lowest BCUT2D eigenvalue weighted by molar-refractivity contribution is 0.0981. The Hall–Kier alpha value is -4.35. The number of carbonyl (C=O) groups is 2. The van der Waals surface area contributed by atoms with Crippen LogP contribution in [0.1, 0.15) is 53.2 Å². The molecule has 0 spiro atoms. The van der Waals surface area contributed by atoms with Crippen molar-refractivity contribution in [1.29, 1.82) is 0 Å². The van der Waals surface area contributed by atoms with E-state index in [4.69, 9.17) is 4.74 Å². The molecule has 0 aliphatic heterocycles. The zero-order chi connectivity index (χ0) is 30.9. The molecule has 1 radical (unpaired) electrons. The summed E-state index contributed by atoms with van der Waals surface area (Å²) in [5.41, 5.74) is 3.05. The van der Waals surface area contributed by atoms with Crippen molar-refractivity contribution < 1.29 is 28.9 Å². The quantitative estimate of drug-likeness (QED) is 0.161. The molecule has 4 rings (SSSR count). The fourth-order valence-electron chi connectivity index (χ4n) is 4.61. The smallest absolute Gasteiger partial charge is 0.405 e. The standard InChI is InChI=1S/C32H34FN4O5S/c1-4-5-15-37(30(39)25-13-9-10-14-26(25)33)31-36-35-29(43-31)23-16-20(2)28(21(3)17-23)42-19-24(38)18-27(34-32(40)41)22-11-7-6-8-12-22/h6-14,16-17,24,34,38H,4-5,15,18-19H2,1-3H3,(H,40,41). The third-order valence-electron chi connectivity index (χ3n) is 6.68. The number of amides is 2. The van der Waals surface area contributed by atoms with Crippen molar-refractivity contribution in [1.82, 2.24) is 15.5 Å². The molecule has 0 fully saturated rings. The first-order valence-electron chi connectivity index (χ1n) is 13.9. The number of halogens is 1. The van der Waals surface area contributed by atoms with Crippen LogP contribution in [-0.4, -0.2) is 51.7 Å². The van der Waals surface area contributed by atoms with E-state index in [0.717, 1.165) is 29.5 Å². The molecule has 3 aromatic carbocycles. The van der Waals surface area contributed by atoms with Gasteiger partial charge in [0.25, 0.3) is 5.91 Å². The summed E-state index contributed by atoms with van der Waals surface area (Å²) in [6, 6.07) is 19.0. The number of aliphatic hydroxyl groups is 1. The third kappa shape index (κ3) is 8.14. The fraction of sp³-hybridized carbons (Fsp3) is 0.281. The number of hydrogen-bond acceptors (Lipinski definition) is 7. The van der Waals surface area contributed by atoms with Crippen LogP contribution in [-0.2, 0) is 0 Å². The summed E-state index contributed by atoms with van der Waals surface area (Å²) >= 11 is 1.25. The monoisotopic (exact) mass is 605 g/mol. The highest BCUT2D eigenvalue weighted by Gasteiger charge is 2.25. The van der Waals surface area contributed by atoms with Crippen LogP contribution in [0.25, 0.3) is 10.6 Å². The molecule has 1 unspecified atom stereocenters. The minimum atomic E-state index is -1.21. The molecule has 0 saturated carbocycles. The Morgan fingerprint density at radius 2 is 1.72 bits per heavy atom. The molecular formula is C32H34FN4O5S. The summed E-state index contributed by atoms with van der Waals surface area (Å²) in [6.45, 7) is 6.10. The Morgan fingerprint density at radius 1 is 1.05 bits per heavy atom. The lowest BCUT2D eigenvalue weighted by atomic mass is 10.0. The molecule has 225 valence electrons. The Kier molecular flexibility index (Phi) is 10.8. The van der Waals surface area contributed by atoms with Crippen LogP contribution in [0.3, 0.4) is 0 Å². The molecule has 0 saturated heterocycles. The molecule has 1 atom stereocenters. The highest BCUT2D eigenvalue weighted by Crippen LogP contribution is 2.35. The van der Waals surface area contributed by atoms with Gasteiger partial charge in [-0.25, -0.2) is 9.18 Å². The number of rotatable bonds is 13. The van der Waals surface area contributed by atoms with E-state index in [2.05, 4.69) is 15.5 Å². The van der Waals surface area contributed by atoms with Crippen LogP contribution in [0.2, 0.25) is 0 Å². The molecule has 0 bridgehead atoms. The molecule has 2 amide bonds. The number of carbonyl (C=O) groups excluding carboxylic acids is 1. The summed E-state index contributed by atoms with van der Waals surface area (Å²) < 4.78 is 20.4. The highest BCUT2D eigenvalue weighted by atomic mass is 32.1. The van der Waals surface area contributed by atoms with Gasteiger partial charge in [0, 0.05) is 18.5 Å². The summed E-state index contributed by atoms with van der Waals surface area (Å²) in [5, 5.41) is 31.9. The fourth-order valence-corrected chi connectivity index (χ4v) is 5.46. The van der Waals surface area contributed by atoms with E-state index in [0.29, 0.717) is 34.0 Å². The molecule has 11 heteroatoms. The Bertz CT molecular complexity index is 1520. The Balaban J connectivity index is 1.48. The molecule has 1 aromatic heterocycles. The van der Waals surface area contributed by atoms with Gasteiger partial charge in [-0.05, 0) is 61.2 Å². The number of nitrogens with zero attached hydrogens (tertiary/aromatic N) is 3. The topological polar surface area (TPSA) is 125 Å². The van der Waals surface area contributed by atoms with Gasteiger partial charge in [-0.3, -0.25) is 9.69 Å². The number of anilines is 1. The SMILES string of the molecule is CCCCN(C(=O)c1ccccc1F)c1nnc(-c2cc(C)c(OCC(O)C[C](NC(=O)O)c3ccccc3)c(C)c2)s1. The van der Waals surface area contributed by atoms with Crippen molar-refractivity contribution in [2.45, 2.75) is 46.1 Å². The van der Waals surface area contributed by atoms with Crippen LogP contribution < -0.4 is 15.0 Å². The molecular weight excluding hydrogens is 571 g/mol. The lowest BCUT2D eigenvalue weighted by Gasteiger charge is -2.21. The van der Waals surface area contributed by atoms with Crippen LogP contribution >= 0.6 is 11.3 Å². The van der Waals surface area contributed by atoms with Gasteiger partial charge in [-0.15, -0.1) is 10.2 Å². The van der Waals surface area contributed by atoms with Gasteiger partial charge in [0.05, 0.1) is 17.7 Å². The summed E-state index contributed by atoms with van der Waals surface area (Å²) in [4.78, 5) is 26.0. The maximum atomic E-state index is 14.4. The van der Waals surface area contributed by atoms with E-state index in [1.807, 2.05) is 39.0 Å². The van der Waals surface area contributed by atoms with Crippen LogP contribution in [0.15, 0.2) is 66.7 Å². The number of unbranched alkanes of at least 4 members (excludes halogenated alkanes) is 1. The minimum absolute atomic E-state index is 0.0158. The number of carboxylic acid groups (broad SMARTS) is 1. The zero-order valence-electron chi connectivity index (χ0n) is 24.2. The van der Waals surface area contributed by atoms with Gasteiger partial charge in [-0.1, -0.05) is 67.1 Å². The van der Waals surface area contributed by atoms with Gasteiger partial charge in [0.15, 0.2) is 0 Å². The summed E-state index contributed by atoms with van der Waals surface area (Å²) in [6.07, 6.45) is -0.544. The first kappa shape index (κ1) is 31.6. The number of nitrogens with one attached hydrogen (secondary N) is 1. The molecule has 4 aromatic rings. The number of hydrogen-bond donors (Lipinski definition) is 3. The number of ether oxygens (including phenoxy) is 1. The Labute approximate surface area is 254 Å². The van der Waals surface area contributed by atoms with Crippen LogP contribution in [0, 0.1) is 25.7 Å². The van der Waals surface area contributed by atoms with Gasteiger partial charge < -0.3 is 20.3 Å². The average Bonchev–Trinajstić information content (AvgIpc) is 3.47. The van der Waals surface area contributed by atoms with Gasteiger partial charge >= 0.3 is 6.09 Å². The van der Waals surface area contributed by atoms with Gasteiger partial charge in [0.1, 0.15) is 23.2 Å². The van der Waals surface area contributed by atoms with Crippen molar-refractivity contribution in [2.75, 3.05) is 18.1 Å². The van der Waals surface area contributed by atoms with Crippen molar-refractivity contribution >= 4 is 28.5 Å². The maximum absolute atomic E-state index is 14.4. The van der Waals surface area contributed by atoms with E-state index < -0.39 is 23.9 Å². The second-order valence-corrected chi connectivity index (χ2v) is 11.0. The number of aromatic nitrogens is 2. The molecule has 9 nitrogen and oxygen atoms in total. The summed E-state index contributed by atoms with van der Waals surface area (Å²) in [5.74, 6) is -0.451. The zero-order valence-corrected chi connectivity index (χ0v) is 25.0. The van der Waals surface area contributed by atoms with Crippen molar-refractivity contribution in [3.05, 3.63) is 101 Å². The van der Waals surface area contributed by atoms with Crippen molar-refractivity contribution in [3.8, 4) is 16.3 Å². The normalized spacial score (nSPS) is 11.8. The first-order chi connectivity index (χ1) is 20.7. The Morgan fingerprint density at radius 3 is 2.37 bits per heavy atom. The largest absolute Gasteiger partial charge is 0.490 e.